The third-order valence-electron chi connectivity index (χ3n) is 2.81. The van der Waals surface area contributed by atoms with Crippen LogP contribution in [0.2, 0.25) is 5.35 Å². The molecule has 2 rings (SSSR count). The molecule has 1 fully saturated rings. The summed E-state index contributed by atoms with van der Waals surface area (Å²) in [5.41, 5.74) is 0.521. The van der Waals surface area contributed by atoms with E-state index in [1.807, 2.05) is 0 Å². The second-order valence-electron chi connectivity index (χ2n) is 3.82. The van der Waals surface area contributed by atoms with Gasteiger partial charge in [-0.3, -0.25) is 0 Å². The largest absolute Gasteiger partial charge is 0.475 e. The summed E-state index contributed by atoms with van der Waals surface area (Å²) in [5, 5.41) is 8.84. The van der Waals surface area contributed by atoms with Gasteiger partial charge in [-0.1, -0.05) is 19.3 Å². The molecule has 0 radical (unpaired) electrons. The minimum absolute atomic E-state index is 0.0760. The summed E-state index contributed by atoms with van der Waals surface area (Å²) in [5.74, 6) is -0.983. The number of hydrogen-bond donors (Lipinski definition) is 1. The first-order valence-electron chi connectivity index (χ1n) is 5.08. The molecule has 4 nitrogen and oxygen atoms in total. The lowest BCUT2D eigenvalue weighted by Gasteiger charge is -2.19. The number of aromatic carboxylic acids is 1. The number of aromatic nitrogens is 1. The van der Waals surface area contributed by atoms with Crippen molar-refractivity contribution in [3.8, 4) is 0 Å². The second-order valence-corrected chi connectivity index (χ2v) is 4.14. The molecule has 0 aromatic carbocycles. The molecule has 1 aromatic heterocycles. The van der Waals surface area contributed by atoms with Gasteiger partial charge >= 0.3 is 5.97 Å². The number of carboxylic acids is 1. The summed E-state index contributed by atoms with van der Waals surface area (Å²) in [7, 11) is 0. The lowest BCUT2D eigenvalue weighted by atomic mass is 9.86. The fourth-order valence-corrected chi connectivity index (χ4v) is 2.28. The van der Waals surface area contributed by atoms with Crippen LogP contribution >= 0.6 is 11.6 Å². The van der Waals surface area contributed by atoms with Gasteiger partial charge in [0.25, 0.3) is 5.35 Å². The molecule has 15 heavy (non-hydrogen) atoms. The molecule has 1 saturated carbocycles. The number of hydrogen-bond acceptors (Lipinski definition) is 3. The molecular formula is C10H12ClNO3. The molecule has 0 spiro atoms. The van der Waals surface area contributed by atoms with Crippen molar-refractivity contribution in [2.24, 2.45) is 0 Å². The van der Waals surface area contributed by atoms with Gasteiger partial charge < -0.3 is 9.52 Å². The van der Waals surface area contributed by atoms with Gasteiger partial charge in [-0.15, -0.1) is 0 Å². The van der Waals surface area contributed by atoms with Gasteiger partial charge in [-0.05, 0) is 24.4 Å². The van der Waals surface area contributed by atoms with Crippen LogP contribution in [0.3, 0.4) is 0 Å². The first-order valence-corrected chi connectivity index (χ1v) is 5.46. The van der Waals surface area contributed by atoms with Crippen molar-refractivity contribution in [3.63, 3.8) is 0 Å². The summed E-state index contributed by atoms with van der Waals surface area (Å²) in [6, 6.07) is 0. The molecule has 0 atom stereocenters. The number of oxazole rings is 1. The highest BCUT2D eigenvalue weighted by Gasteiger charge is 2.27. The Labute approximate surface area is 92.3 Å². The number of rotatable bonds is 2. The van der Waals surface area contributed by atoms with Gasteiger partial charge in [-0.2, -0.15) is 0 Å². The molecule has 1 aliphatic rings. The van der Waals surface area contributed by atoms with E-state index in [-0.39, 0.29) is 17.0 Å². The average molecular weight is 230 g/mol. The normalized spacial score (nSPS) is 17.9. The van der Waals surface area contributed by atoms with Crippen LogP contribution in [0.25, 0.3) is 0 Å². The molecule has 1 aliphatic carbocycles. The van der Waals surface area contributed by atoms with E-state index in [9.17, 15) is 4.79 Å². The zero-order valence-electron chi connectivity index (χ0n) is 8.20. The lowest BCUT2D eigenvalue weighted by Crippen LogP contribution is -2.09. The molecule has 0 saturated heterocycles. The third-order valence-corrected chi connectivity index (χ3v) is 2.98. The third kappa shape index (κ3) is 2.15. The first-order chi connectivity index (χ1) is 7.18. The summed E-state index contributed by atoms with van der Waals surface area (Å²) < 4.78 is 4.88. The zero-order chi connectivity index (χ0) is 10.8. The minimum Gasteiger partial charge on any atom is -0.475 e. The fraction of sp³-hybridized carbons (Fsp3) is 0.600. The van der Waals surface area contributed by atoms with Crippen molar-refractivity contribution in [3.05, 3.63) is 16.8 Å². The first kappa shape index (κ1) is 10.5. The quantitative estimate of drug-likeness (QED) is 0.847. The van der Waals surface area contributed by atoms with Gasteiger partial charge in [0.1, 0.15) is 0 Å². The molecule has 0 bridgehead atoms. The van der Waals surface area contributed by atoms with Gasteiger partial charge in [0.05, 0.1) is 5.69 Å². The molecule has 0 amide bonds. The molecule has 82 valence electrons. The van der Waals surface area contributed by atoms with Crippen molar-refractivity contribution in [2.75, 3.05) is 0 Å². The van der Waals surface area contributed by atoms with Crippen molar-refractivity contribution >= 4 is 17.6 Å². The van der Waals surface area contributed by atoms with E-state index in [0.29, 0.717) is 5.69 Å². The highest BCUT2D eigenvalue weighted by atomic mass is 35.5. The standard InChI is InChI=1S/C10H12ClNO3/c11-10-12-7(8(15-10)9(13)14)6-4-2-1-3-5-6/h6H,1-5H2,(H,13,14). The Hall–Kier alpha value is -1.03. The van der Waals surface area contributed by atoms with E-state index < -0.39 is 5.97 Å². The average Bonchev–Trinajstić information content (AvgIpc) is 2.62. The van der Waals surface area contributed by atoms with E-state index in [1.165, 1.54) is 6.42 Å². The Morgan fingerprint density at radius 2 is 2.07 bits per heavy atom. The highest BCUT2D eigenvalue weighted by Crippen LogP contribution is 2.34. The van der Waals surface area contributed by atoms with Gasteiger partial charge in [0.2, 0.25) is 5.76 Å². The van der Waals surface area contributed by atoms with Gasteiger partial charge in [0, 0.05) is 5.92 Å². The summed E-state index contributed by atoms with van der Waals surface area (Å²) >= 11 is 5.59. The number of halogens is 1. The van der Waals surface area contributed by atoms with Crippen molar-refractivity contribution in [1.82, 2.24) is 4.98 Å². The molecule has 1 N–H and O–H groups in total. The fourth-order valence-electron chi connectivity index (χ4n) is 2.11. The molecule has 0 aliphatic heterocycles. The van der Waals surface area contributed by atoms with Crippen LogP contribution in [-0.2, 0) is 0 Å². The smallest absolute Gasteiger partial charge is 0.373 e. The molecule has 5 heteroatoms. The maximum atomic E-state index is 10.9. The second kappa shape index (κ2) is 4.23. The minimum atomic E-state index is -1.09. The Bertz CT molecular complexity index is 369. The lowest BCUT2D eigenvalue weighted by molar-refractivity contribution is 0.0659. The van der Waals surface area contributed by atoms with E-state index in [2.05, 4.69) is 4.98 Å². The van der Waals surface area contributed by atoms with E-state index in [4.69, 9.17) is 21.1 Å². The van der Waals surface area contributed by atoms with Crippen LogP contribution in [0.1, 0.15) is 54.3 Å². The van der Waals surface area contributed by atoms with Crippen LogP contribution in [0, 0.1) is 0 Å². The molecule has 1 aromatic rings. The number of nitrogens with zero attached hydrogens (tertiary/aromatic N) is 1. The SMILES string of the molecule is O=C(O)c1oc(Cl)nc1C1CCCCC1. The van der Waals surface area contributed by atoms with Crippen LogP contribution in [0.15, 0.2) is 4.42 Å². The van der Waals surface area contributed by atoms with Gasteiger partial charge in [-0.25, -0.2) is 9.78 Å². The number of carbonyl (C=O) groups is 1. The van der Waals surface area contributed by atoms with Crippen LogP contribution in [0.4, 0.5) is 0 Å². The predicted molar refractivity (Wildman–Crippen MR) is 54.3 cm³/mol. The van der Waals surface area contributed by atoms with E-state index in [0.717, 1.165) is 25.7 Å². The zero-order valence-corrected chi connectivity index (χ0v) is 8.96. The maximum Gasteiger partial charge on any atom is 0.373 e. The van der Waals surface area contributed by atoms with Gasteiger partial charge in [0.15, 0.2) is 0 Å². The summed E-state index contributed by atoms with van der Waals surface area (Å²) in [6.07, 6.45) is 5.40. The van der Waals surface area contributed by atoms with Crippen molar-refractivity contribution in [1.29, 1.82) is 0 Å². The van der Waals surface area contributed by atoms with E-state index >= 15 is 0 Å². The molecule has 1 heterocycles. The van der Waals surface area contributed by atoms with Crippen molar-refractivity contribution in [2.45, 2.75) is 38.0 Å². The molecule has 0 unspecified atom stereocenters. The topological polar surface area (TPSA) is 63.3 Å². The van der Waals surface area contributed by atoms with Crippen LogP contribution in [-0.4, -0.2) is 16.1 Å². The Morgan fingerprint density at radius 3 is 2.67 bits per heavy atom. The van der Waals surface area contributed by atoms with Crippen molar-refractivity contribution < 1.29 is 14.3 Å². The predicted octanol–water partition coefficient (Wildman–Crippen LogP) is 3.07. The van der Waals surface area contributed by atoms with Crippen LogP contribution < -0.4 is 0 Å². The Morgan fingerprint density at radius 1 is 1.40 bits per heavy atom. The Kier molecular flexibility index (Phi) is 2.95. The number of carboxylic acid groups (broad SMARTS) is 1. The van der Waals surface area contributed by atoms with Crippen LogP contribution in [0.5, 0.6) is 0 Å². The summed E-state index contributed by atoms with van der Waals surface area (Å²) in [6.45, 7) is 0. The maximum absolute atomic E-state index is 10.9. The monoisotopic (exact) mass is 229 g/mol. The van der Waals surface area contributed by atoms with E-state index in [1.54, 1.807) is 0 Å². The molecular weight excluding hydrogens is 218 g/mol. The highest BCUT2D eigenvalue weighted by molar-refractivity contribution is 6.27. The summed E-state index contributed by atoms with van der Waals surface area (Å²) in [4.78, 5) is 14.9. The Balaban J connectivity index is 2.28.